The first-order valence-electron chi connectivity index (χ1n) is 10.3. The number of fused-ring (bicyclic) bond motifs is 1. The molecule has 0 saturated carbocycles. The molecule has 0 spiro atoms. The van der Waals surface area contributed by atoms with E-state index >= 15 is 0 Å². The van der Waals surface area contributed by atoms with Crippen LogP contribution in [0.1, 0.15) is 32.6 Å². The number of aromatic nitrogens is 2. The predicted molar refractivity (Wildman–Crippen MR) is 126 cm³/mol. The molecule has 0 N–H and O–H groups in total. The van der Waals surface area contributed by atoms with Gasteiger partial charge in [-0.2, -0.15) is 8.75 Å². The SMILES string of the molecule is Cc1ccc(C(=O)/C(Cc2ccc([N+](=O)[O-])cc2)=C(/C(=O)[O-])c2ccc3nsnc3c2)cc1C.[Na+]. The zero-order valence-corrected chi connectivity index (χ0v) is 22.1. The maximum absolute atomic E-state index is 13.6. The number of ketones is 1. The second-order valence-corrected chi connectivity index (χ2v) is 8.37. The van der Waals surface area contributed by atoms with Gasteiger partial charge in [0.05, 0.1) is 22.6 Å². The van der Waals surface area contributed by atoms with Gasteiger partial charge in [0.25, 0.3) is 5.69 Å². The molecule has 1 heterocycles. The Morgan fingerprint density at radius 2 is 1.54 bits per heavy atom. The third kappa shape index (κ3) is 5.71. The van der Waals surface area contributed by atoms with Crippen LogP contribution in [0.5, 0.6) is 0 Å². The topological polar surface area (TPSA) is 126 Å². The number of hydrogen-bond acceptors (Lipinski definition) is 8. The number of nitro benzene ring substituents is 1. The Labute approximate surface area is 227 Å². The number of non-ortho nitro benzene ring substituents is 1. The summed E-state index contributed by atoms with van der Waals surface area (Å²) in [7, 11) is 0. The molecule has 1 aromatic heterocycles. The van der Waals surface area contributed by atoms with Crippen molar-refractivity contribution < 1.29 is 49.2 Å². The molecule has 0 radical (unpaired) electrons. The number of carbonyl (C=O) groups is 2. The molecule has 10 heteroatoms. The van der Waals surface area contributed by atoms with E-state index in [1.165, 1.54) is 24.3 Å². The molecule has 4 aromatic rings. The maximum Gasteiger partial charge on any atom is 1.00 e. The van der Waals surface area contributed by atoms with E-state index in [0.29, 0.717) is 22.2 Å². The minimum Gasteiger partial charge on any atom is -0.545 e. The van der Waals surface area contributed by atoms with Gasteiger partial charge in [-0.15, -0.1) is 0 Å². The third-order valence-corrected chi connectivity index (χ3v) is 6.18. The molecule has 0 aliphatic rings. The number of carbonyl (C=O) groups excluding carboxylic acids is 2. The van der Waals surface area contributed by atoms with Crippen LogP contribution in [0.3, 0.4) is 0 Å². The van der Waals surface area contributed by atoms with Gasteiger partial charge in [-0.05, 0) is 54.3 Å². The molecule has 0 amide bonds. The van der Waals surface area contributed by atoms with Gasteiger partial charge in [0.15, 0.2) is 5.78 Å². The summed E-state index contributed by atoms with van der Waals surface area (Å²) in [5.41, 5.74) is 3.84. The van der Waals surface area contributed by atoms with E-state index in [1.807, 2.05) is 13.8 Å². The number of nitrogens with zero attached hydrogens (tertiary/aromatic N) is 3. The van der Waals surface area contributed by atoms with E-state index in [9.17, 15) is 24.8 Å². The Balaban J connectivity index is 0.00000342. The Hall–Kier alpha value is -3.24. The molecule has 3 aromatic carbocycles. The zero-order chi connectivity index (χ0) is 24.4. The smallest absolute Gasteiger partial charge is 0.545 e. The number of nitro groups is 1. The van der Waals surface area contributed by atoms with Gasteiger partial charge in [0, 0.05) is 35.3 Å². The fourth-order valence-electron chi connectivity index (χ4n) is 3.63. The van der Waals surface area contributed by atoms with Crippen LogP contribution in [0.4, 0.5) is 5.69 Å². The van der Waals surface area contributed by atoms with Crippen LogP contribution in [0.2, 0.25) is 0 Å². The van der Waals surface area contributed by atoms with Crippen molar-refractivity contribution in [1.82, 2.24) is 8.75 Å². The van der Waals surface area contributed by atoms with Crippen molar-refractivity contribution in [1.29, 1.82) is 0 Å². The molecule has 0 saturated heterocycles. The van der Waals surface area contributed by atoms with E-state index in [0.717, 1.165) is 22.9 Å². The van der Waals surface area contributed by atoms with Gasteiger partial charge in [-0.1, -0.05) is 30.3 Å². The fraction of sp³-hybridized carbons (Fsp3) is 0.120. The van der Waals surface area contributed by atoms with Crippen LogP contribution in [0, 0.1) is 24.0 Å². The molecule has 8 nitrogen and oxygen atoms in total. The molecule has 0 bridgehead atoms. The number of rotatable bonds is 7. The molecule has 4 rings (SSSR count). The zero-order valence-electron chi connectivity index (χ0n) is 19.3. The number of Topliss-reactive ketones (excluding diaryl/α,β-unsaturated/α-hetero) is 1. The molecule has 0 atom stereocenters. The van der Waals surface area contributed by atoms with Crippen LogP contribution < -0.4 is 34.7 Å². The summed E-state index contributed by atoms with van der Waals surface area (Å²) >= 11 is 1.00. The fourth-order valence-corrected chi connectivity index (χ4v) is 4.15. The third-order valence-electron chi connectivity index (χ3n) is 5.62. The van der Waals surface area contributed by atoms with E-state index < -0.39 is 16.7 Å². The maximum atomic E-state index is 13.6. The molecule has 0 aliphatic heterocycles. The number of hydrogen-bond donors (Lipinski definition) is 0. The molecule has 170 valence electrons. The minimum atomic E-state index is -1.50. The van der Waals surface area contributed by atoms with E-state index in [1.54, 1.807) is 36.4 Å². The first kappa shape index (κ1) is 26.4. The summed E-state index contributed by atoms with van der Waals surface area (Å²) in [4.78, 5) is 36.5. The van der Waals surface area contributed by atoms with Gasteiger partial charge in [-0.3, -0.25) is 14.9 Å². The van der Waals surface area contributed by atoms with E-state index in [2.05, 4.69) is 8.75 Å². The van der Waals surface area contributed by atoms with Crippen molar-refractivity contribution in [3.05, 3.63) is 104 Å². The normalized spacial score (nSPS) is 11.5. The van der Waals surface area contributed by atoms with E-state index in [-0.39, 0.29) is 58.4 Å². The standard InChI is InChI=1S/C25H19N3O5S.Na/c1-14-3-6-18(11-15(14)2)24(29)20(12-16-4-8-19(9-5-16)28(32)33)23(25(30)31)17-7-10-21-22(13-17)27-34-26-21;/h3-11,13H,12H2,1-2H3,(H,30,31);/q;+1/p-1/b23-20+;. The van der Waals surface area contributed by atoms with Gasteiger partial charge >= 0.3 is 29.6 Å². The summed E-state index contributed by atoms with van der Waals surface area (Å²) in [6.45, 7) is 3.79. The molecule has 35 heavy (non-hydrogen) atoms. The first-order chi connectivity index (χ1) is 16.2. The van der Waals surface area contributed by atoms with Crippen molar-refractivity contribution in [3.63, 3.8) is 0 Å². The first-order valence-corrected chi connectivity index (χ1v) is 11.0. The number of aliphatic carboxylic acids is 1. The number of allylic oxidation sites excluding steroid dienone is 1. The summed E-state index contributed by atoms with van der Waals surface area (Å²) in [5.74, 6) is -1.96. The molecule has 0 aliphatic carbocycles. The van der Waals surface area contributed by atoms with Crippen LogP contribution in [-0.2, 0) is 11.2 Å². The van der Waals surface area contributed by atoms with Crippen LogP contribution in [-0.4, -0.2) is 25.4 Å². The second-order valence-electron chi connectivity index (χ2n) is 7.84. The monoisotopic (exact) mass is 495 g/mol. The quantitative estimate of drug-likeness (QED) is 0.122. The van der Waals surface area contributed by atoms with Crippen molar-refractivity contribution in [3.8, 4) is 0 Å². The Kier molecular flexibility index (Phi) is 8.29. The molecule has 0 unspecified atom stereocenters. The average molecular weight is 495 g/mol. The summed E-state index contributed by atoms with van der Waals surface area (Å²) in [6.07, 6.45) is -0.0551. The van der Waals surface area contributed by atoms with Crippen molar-refractivity contribution in [2.45, 2.75) is 20.3 Å². The van der Waals surface area contributed by atoms with Crippen LogP contribution in [0.25, 0.3) is 16.6 Å². The molecule has 0 fully saturated rings. The van der Waals surface area contributed by atoms with E-state index in [4.69, 9.17) is 0 Å². The molecular weight excluding hydrogens is 477 g/mol. The van der Waals surface area contributed by atoms with Gasteiger partial charge < -0.3 is 9.90 Å². The predicted octanol–water partition coefficient (Wildman–Crippen LogP) is 0.849. The Bertz CT molecular complexity index is 1480. The average Bonchev–Trinajstić information content (AvgIpc) is 3.28. The largest absolute Gasteiger partial charge is 1.00 e. The summed E-state index contributed by atoms with van der Waals surface area (Å²) in [5, 5.41) is 23.4. The summed E-state index contributed by atoms with van der Waals surface area (Å²) in [6, 6.07) is 15.6. The van der Waals surface area contributed by atoms with Gasteiger partial charge in [0.1, 0.15) is 11.0 Å². The number of aryl methyl sites for hydroxylation is 2. The van der Waals surface area contributed by atoms with Gasteiger partial charge in [0.2, 0.25) is 0 Å². The number of carboxylic acids is 1. The van der Waals surface area contributed by atoms with Crippen molar-refractivity contribution in [2.24, 2.45) is 0 Å². The van der Waals surface area contributed by atoms with Crippen molar-refractivity contribution >= 4 is 45.8 Å². The number of carboxylic acid groups (broad SMARTS) is 1. The number of benzene rings is 3. The Morgan fingerprint density at radius 3 is 2.17 bits per heavy atom. The van der Waals surface area contributed by atoms with Crippen LogP contribution >= 0.6 is 11.7 Å². The van der Waals surface area contributed by atoms with Gasteiger partial charge in [-0.25, -0.2) is 0 Å². The van der Waals surface area contributed by atoms with Crippen molar-refractivity contribution in [2.75, 3.05) is 0 Å². The summed E-state index contributed by atoms with van der Waals surface area (Å²) < 4.78 is 8.29. The molecular formula is C25H18N3NaO5S. The Morgan fingerprint density at radius 1 is 0.886 bits per heavy atom. The van der Waals surface area contributed by atoms with Crippen LogP contribution in [0.15, 0.2) is 66.2 Å². The minimum absolute atomic E-state index is 0. The second kappa shape index (κ2) is 11.0.